The summed E-state index contributed by atoms with van der Waals surface area (Å²) >= 11 is 0. The Morgan fingerprint density at radius 3 is 2.32 bits per heavy atom. The second kappa shape index (κ2) is 15.0. The zero-order valence-electron chi connectivity index (χ0n) is 22.8. The zero-order valence-corrected chi connectivity index (χ0v) is 22.8. The Hall–Kier alpha value is -3.59. The molecule has 0 spiro atoms. The number of carbonyl (C=O) groups excluding carboxylic acids is 3. The first-order valence-electron chi connectivity index (χ1n) is 13.1. The summed E-state index contributed by atoms with van der Waals surface area (Å²) in [6.45, 7) is 6.92. The molecular weight excluding hydrogens is 486 g/mol. The highest BCUT2D eigenvalue weighted by Crippen LogP contribution is 2.26. The lowest BCUT2D eigenvalue weighted by atomic mass is 10.0. The molecule has 0 heterocycles. The molecule has 0 aliphatic carbocycles. The maximum absolute atomic E-state index is 13.8. The summed E-state index contributed by atoms with van der Waals surface area (Å²) in [4.78, 5) is 41.2. The van der Waals surface area contributed by atoms with Crippen molar-refractivity contribution in [2.75, 3.05) is 13.2 Å². The van der Waals surface area contributed by atoms with Gasteiger partial charge in [-0.25, -0.2) is 4.79 Å². The first kappa shape index (κ1) is 30.6. The fourth-order valence-electron chi connectivity index (χ4n) is 3.96. The van der Waals surface area contributed by atoms with Crippen molar-refractivity contribution in [2.45, 2.75) is 77.6 Å². The molecule has 2 rings (SSSR count). The predicted molar refractivity (Wildman–Crippen MR) is 145 cm³/mol. The van der Waals surface area contributed by atoms with Crippen molar-refractivity contribution in [3.05, 3.63) is 65.7 Å². The van der Waals surface area contributed by atoms with Crippen LogP contribution in [0.2, 0.25) is 0 Å². The molecule has 0 saturated carbocycles. The summed E-state index contributed by atoms with van der Waals surface area (Å²) in [7, 11) is 0. The van der Waals surface area contributed by atoms with Gasteiger partial charge in [0.2, 0.25) is 11.8 Å². The first-order valence-corrected chi connectivity index (χ1v) is 13.1. The average molecular weight is 528 g/mol. The van der Waals surface area contributed by atoms with Crippen LogP contribution in [0.1, 0.15) is 70.5 Å². The Morgan fingerprint density at radius 2 is 1.71 bits per heavy atom. The van der Waals surface area contributed by atoms with Gasteiger partial charge in [0.1, 0.15) is 23.4 Å². The van der Waals surface area contributed by atoms with E-state index in [0.29, 0.717) is 12.0 Å². The number of rotatable bonds is 13. The smallest absolute Gasteiger partial charge is 0.408 e. The Labute approximate surface area is 225 Å². The van der Waals surface area contributed by atoms with E-state index in [0.717, 1.165) is 24.8 Å². The fourth-order valence-corrected chi connectivity index (χ4v) is 3.96. The summed E-state index contributed by atoms with van der Waals surface area (Å²) in [5.41, 5.74) is 0.499. The Bertz CT molecular complexity index is 1040. The highest BCUT2D eigenvalue weighted by Gasteiger charge is 2.36. The fraction of sp³-hybridized carbons (Fsp3) is 0.483. The number of phenolic OH excluding ortho intramolecular Hbond substituents is 1. The molecule has 208 valence electrons. The molecule has 9 heteroatoms. The summed E-state index contributed by atoms with van der Waals surface area (Å²) < 4.78 is 5.26. The number of hydrogen-bond donors (Lipinski definition) is 4. The van der Waals surface area contributed by atoms with Gasteiger partial charge in [0.05, 0.1) is 6.61 Å². The molecule has 38 heavy (non-hydrogen) atoms. The monoisotopic (exact) mass is 527 g/mol. The molecule has 0 aliphatic rings. The summed E-state index contributed by atoms with van der Waals surface area (Å²) in [6.07, 6.45) is 2.55. The van der Waals surface area contributed by atoms with Crippen molar-refractivity contribution in [3.63, 3.8) is 0 Å². The van der Waals surface area contributed by atoms with E-state index in [9.17, 15) is 24.6 Å². The number of carbonyl (C=O) groups is 3. The third kappa shape index (κ3) is 10.0. The van der Waals surface area contributed by atoms with Crippen LogP contribution in [0, 0.1) is 0 Å². The Morgan fingerprint density at radius 1 is 1.00 bits per heavy atom. The maximum atomic E-state index is 13.8. The molecule has 4 N–H and O–H groups in total. The highest BCUT2D eigenvalue weighted by molar-refractivity contribution is 5.92. The summed E-state index contributed by atoms with van der Waals surface area (Å²) in [6, 6.07) is 13.1. The van der Waals surface area contributed by atoms with Gasteiger partial charge >= 0.3 is 6.09 Å². The highest BCUT2D eigenvalue weighted by atomic mass is 16.6. The third-order valence-electron chi connectivity index (χ3n) is 5.76. The number of benzene rings is 2. The normalized spacial score (nSPS) is 12.8. The molecule has 0 radical (unpaired) electrons. The van der Waals surface area contributed by atoms with Gasteiger partial charge in [0.15, 0.2) is 0 Å². The van der Waals surface area contributed by atoms with Crippen LogP contribution in [0.5, 0.6) is 5.75 Å². The van der Waals surface area contributed by atoms with Crippen LogP contribution in [-0.2, 0) is 20.9 Å². The molecule has 2 aromatic carbocycles. The second-order valence-electron chi connectivity index (χ2n) is 10.2. The largest absolute Gasteiger partial charge is 0.508 e. The minimum Gasteiger partial charge on any atom is -0.508 e. The van der Waals surface area contributed by atoms with Crippen LogP contribution in [-0.4, -0.2) is 57.8 Å². The number of phenols is 1. The second-order valence-corrected chi connectivity index (χ2v) is 10.2. The molecule has 2 aromatic rings. The molecule has 0 bridgehead atoms. The van der Waals surface area contributed by atoms with Gasteiger partial charge in [-0.15, -0.1) is 0 Å². The Balaban J connectivity index is 2.40. The molecule has 0 aromatic heterocycles. The van der Waals surface area contributed by atoms with E-state index in [-0.39, 0.29) is 18.8 Å². The number of nitrogens with one attached hydrogen (secondary N) is 2. The minimum absolute atomic E-state index is 0.0488. The Kier molecular flexibility index (Phi) is 12.1. The van der Waals surface area contributed by atoms with Crippen LogP contribution in [0.25, 0.3) is 0 Å². The van der Waals surface area contributed by atoms with Gasteiger partial charge < -0.3 is 30.5 Å². The topological polar surface area (TPSA) is 128 Å². The van der Waals surface area contributed by atoms with E-state index < -0.39 is 42.2 Å². The van der Waals surface area contributed by atoms with Crippen molar-refractivity contribution in [1.29, 1.82) is 0 Å². The quantitative estimate of drug-likeness (QED) is 0.291. The lowest BCUT2D eigenvalue weighted by Gasteiger charge is -2.34. The van der Waals surface area contributed by atoms with Gasteiger partial charge in [-0.3, -0.25) is 9.59 Å². The third-order valence-corrected chi connectivity index (χ3v) is 5.76. The van der Waals surface area contributed by atoms with Crippen molar-refractivity contribution in [1.82, 2.24) is 15.5 Å². The number of nitrogens with zero attached hydrogens (tertiary/aromatic N) is 1. The van der Waals surface area contributed by atoms with E-state index in [4.69, 9.17) is 4.74 Å². The average Bonchev–Trinajstić information content (AvgIpc) is 2.87. The van der Waals surface area contributed by atoms with Gasteiger partial charge in [-0.1, -0.05) is 68.7 Å². The van der Waals surface area contributed by atoms with Crippen molar-refractivity contribution >= 4 is 17.9 Å². The van der Waals surface area contributed by atoms with E-state index in [1.54, 1.807) is 32.9 Å². The first-order chi connectivity index (χ1) is 18.1. The number of unbranched alkanes of at least 4 members (excludes halogenated alkanes) is 3. The van der Waals surface area contributed by atoms with E-state index in [1.807, 2.05) is 30.3 Å². The maximum Gasteiger partial charge on any atom is 0.408 e. The van der Waals surface area contributed by atoms with E-state index in [1.165, 1.54) is 17.0 Å². The lowest BCUT2D eigenvalue weighted by Crippen LogP contribution is -2.54. The zero-order chi connectivity index (χ0) is 28.1. The molecule has 0 fully saturated rings. The van der Waals surface area contributed by atoms with Crippen LogP contribution in [0.15, 0.2) is 54.6 Å². The summed E-state index contributed by atoms with van der Waals surface area (Å²) in [5, 5.41) is 25.5. The van der Waals surface area contributed by atoms with Gasteiger partial charge in [0.25, 0.3) is 0 Å². The van der Waals surface area contributed by atoms with Crippen molar-refractivity contribution in [2.24, 2.45) is 0 Å². The van der Waals surface area contributed by atoms with Crippen molar-refractivity contribution < 1.29 is 29.3 Å². The molecule has 0 aliphatic heterocycles. The number of ether oxygens (including phenoxy) is 1. The molecule has 2 atom stereocenters. The van der Waals surface area contributed by atoms with Gasteiger partial charge in [-0.2, -0.15) is 0 Å². The molecule has 2 unspecified atom stereocenters. The van der Waals surface area contributed by atoms with Crippen LogP contribution in [0.3, 0.4) is 0 Å². The van der Waals surface area contributed by atoms with Crippen LogP contribution in [0.4, 0.5) is 4.79 Å². The van der Waals surface area contributed by atoms with Crippen LogP contribution < -0.4 is 10.6 Å². The molecule has 9 nitrogen and oxygen atoms in total. The number of aromatic hydroxyl groups is 1. The van der Waals surface area contributed by atoms with E-state index >= 15 is 0 Å². The van der Waals surface area contributed by atoms with E-state index in [2.05, 4.69) is 17.6 Å². The number of alkyl carbamates (subject to hydrolysis) is 1. The predicted octanol–water partition coefficient (Wildman–Crippen LogP) is 4.04. The summed E-state index contributed by atoms with van der Waals surface area (Å²) in [5.74, 6) is -1.12. The molecular formula is C29H41N3O6. The SMILES string of the molecule is CCCCCCN(C(=O)C(CO)NC(=O)OC(C)(C)C)C(C(=O)NCc1ccccc1)c1cccc(O)c1. The minimum atomic E-state index is -1.32. The van der Waals surface area contributed by atoms with Crippen LogP contribution >= 0.6 is 0 Å². The standard InChI is InChI=1S/C29H41N3O6/c1-5-6-7-11-17-32(27(36)24(20-33)31-28(37)38-29(2,3)4)25(22-15-12-16-23(34)18-22)26(35)30-19-21-13-9-8-10-14-21/h8-10,12-16,18,24-25,33-34H,5-7,11,17,19-20H2,1-4H3,(H,30,35)(H,31,37). The van der Waals surface area contributed by atoms with Gasteiger partial charge in [0, 0.05) is 13.1 Å². The van der Waals surface area contributed by atoms with Crippen molar-refractivity contribution in [3.8, 4) is 5.75 Å². The number of amides is 3. The molecule has 0 saturated heterocycles. The number of aliphatic hydroxyl groups is 1. The van der Waals surface area contributed by atoms with Gasteiger partial charge in [-0.05, 0) is 50.5 Å². The lowest BCUT2D eigenvalue weighted by molar-refractivity contribution is -0.143. The number of hydrogen-bond acceptors (Lipinski definition) is 6. The molecule has 3 amide bonds. The number of aliphatic hydroxyl groups excluding tert-OH is 1.